The minimum atomic E-state index is -3.09. The second kappa shape index (κ2) is 8.33. The minimum Gasteiger partial charge on any atom is -0.343 e. The van der Waals surface area contributed by atoms with Crippen LogP contribution in [0.25, 0.3) is 21.9 Å². The van der Waals surface area contributed by atoms with Crippen molar-refractivity contribution >= 4 is 43.4 Å². The molecule has 5 rings (SSSR count). The number of imidazole rings is 1. The van der Waals surface area contributed by atoms with Gasteiger partial charge in [-0.3, -0.25) is 9.13 Å². The topological polar surface area (TPSA) is 66.0 Å². The van der Waals surface area contributed by atoms with Crippen LogP contribution in [-0.2, 0) is 22.9 Å². The molecule has 2 aromatic carbocycles. The summed E-state index contributed by atoms with van der Waals surface area (Å²) in [7, 11) is -3.09. The van der Waals surface area contributed by atoms with E-state index in [1.54, 1.807) is 21.3 Å². The van der Waals surface area contributed by atoms with Gasteiger partial charge in [-0.15, -0.1) is 0 Å². The number of rotatable bonds is 7. The van der Waals surface area contributed by atoms with Gasteiger partial charge in [-0.1, -0.05) is 11.6 Å². The SMILES string of the molecule is CS(=O)(=O)CCCn1c(Cn2c(=O)n(C3CCC3)c3ccc(F)cc32)cc2cc(Cl)ccc21. The van der Waals surface area contributed by atoms with E-state index in [0.29, 0.717) is 23.5 Å². The average molecular weight is 490 g/mol. The first-order valence-electron chi connectivity index (χ1n) is 11.1. The van der Waals surface area contributed by atoms with Crippen molar-refractivity contribution in [3.63, 3.8) is 0 Å². The molecule has 9 heteroatoms. The lowest BCUT2D eigenvalue weighted by atomic mass is 9.93. The summed E-state index contributed by atoms with van der Waals surface area (Å²) in [6, 6.07) is 12.2. The molecule has 0 unspecified atom stereocenters. The molecule has 0 N–H and O–H groups in total. The number of nitrogens with zero attached hydrogens (tertiary/aromatic N) is 3. The molecule has 0 amide bonds. The summed E-state index contributed by atoms with van der Waals surface area (Å²) in [6.45, 7) is 0.738. The molecule has 1 fully saturated rings. The lowest BCUT2D eigenvalue weighted by Crippen LogP contribution is -2.31. The summed E-state index contributed by atoms with van der Waals surface area (Å²) < 4.78 is 42.9. The highest BCUT2D eigenvalue weighted by Crippen LogP contribution is 2.33. The van der Waals surface area contributed by atoms with Gasteiger partial charge in [0.05, 0.1) is 23.3 Å². The summed E-state index contributed by atoms with van der Waals surface area (Å²) >= 11 is 6.20. The first-order chi connectivity index (χ1) is 15.7. The van der Waals surface area contributed by atoms with Crippen molar-refractivity contribution in [2.75, 3.05) is 12.0 Å². The zero-order valence-electron chi connectivity index (χ0n) is 18.3. The van der Waals surface area contributed by atoms with Crippen LogP contribution in [-0.4, -0.2) is 34.1 Å². The van der Waals surface area contributed by atoms with Crippen molar-refractivity contribution in [2.45, 2.75) is 44.8 Å². The van der Waals surface area contributed by atoms with Crippen molar-refractivity contribution < 1.29 is 12.8 Å². The molecule has 1 aliphatic carbocycles. The molecule has 1 aliphatic rings. The van der Waals surface area contributed by atoms with Gasteiger partial charge in [-0.25, -0.2) is 17.6 Å². The Morgan fingerprint density at radius 1 is 1.03 bits per heavy atom. The van der Waals surface area contributed by atoms with Crippen LogP contribution in [0.5, 0.6) is 0 Å². The zero-order chi connectivity index (χ0) is 23.3. The van der Waals surface area contributed by atoms with Gasteiger partial charge in [0.1, 0.15) is 15.7 Å². The number of sulfone groups is 1. The van der Waals surface area contributed by atoms with Gasteiger partial charge in [0.15, 0.2) is 0 Å². The van der Waals surface area contributed by atoms with Crippen molar-refractivity contribution in [1.82, 2.24) is 13.7 Å². The molecule has 2 heterocycles. The number of fused-ring (bicyclic) bond motifs is 2. The normalized spacial score (nSPS) is 14.9. The van der Waals surface area contributed by atoms with E-state index in [-0.39, 0.29) is 29.8 Å². The molecule has 6 nitrogen and oxygen atoms in total. The Morgan fingerprint density at radius 2 is 1.79 bits per heavy atom. The molecule has 4 aromatic rings. The summed E-state index contributed by atoms with van der Waals surface area (Å²) in [5.74, 6) is -0.311. The highest BCUT2D eigenvalue weighted by Gasteiger charge is 2.26. The van der Waals surface area contributed by atoms with Gasteiger partial charge in [-0.05, 0) is 68.1 Å². The lowest BCUT2D eigenvalue weighted by molar-refractivity contribution is 0.311. The molecule has 0 bridgehead atoms. The average Bonchev–Trinajstić information content (AvgIpc) is 3.16. The van der Waals surface area contributed by atoms with Gasteiger partial charge >= 0.3 is 5.69 Å². The lowest BCUT2D eigenvalue weighted by Gasteiger charge is -2.26. The van der Waals surface area contributed by atoms with Crippen molar-refractivity contribution in [3.05, 3.63) is 69.5 Å². The molecule has 2 aromatic heterocycles. The highest BCUT2D eigenvalue weighted by atomic mass is 35.5. The molecular formula is C24H25ClFN3O3S. The number of aromatic nitrogens is 3. The van der Waals surface area contributed by atoms with Crippen LogP contribution < -0.4 is 5.69 Å². The van der Waals surface area contributed by atoms with Crippen LogP contribution in [0.1, 0.15) is 37.4 Å². The molecule has 1 saturated carbocycles. The summed E-state index contributed by atoms with van der Waals surface area (Å²) in [6.07, 6.45) is 4.65. The van der Waals surface area contributed by atoms with E-state index >= 15 is 0 Å². The maximum atomic E-state index is 14.2. The molecule has 0 saturated heterocycles. The maximum Gasteiger partial charge on any atom is 0.329 e. The molecule has 0 atom stereocenters. The van der Waals surface area contributed by atoms with E-state index in [0.717, 1.165) is 41.4 Å². The maximum absolute atomic E-state index is 14.2. The third kappa shape index (κ3) is 4.22. The monoisotopic (exact) mass is 489 g/mol. The van der Waals surface area contributed by atoms with Crippen LogP contribution in [0.3, 0.4) is 0 Å². The summed E-state index contributed by atoms with van der Waals surface area (Å²) in [5.41, 5.74) is 2.93. The van der Waals surface area contributed by atoms with E-state index < -0.39 is 9.84 Å². The molecule has 174 valence electrons. The second-order valence-corrected chi connectivity index (χ2v) is 11.6. The van der Waals surface area contributed by atoms with Gasteiger partial charge < -0.3 is 4.57 Å². The fourth-order valence-electron chi connectivity index (χ4n) is 4.74. The quantitative estimate of drug-likeness (QED) is 0.376. The predicted octanol–water partition coefficient (Wildman–Crippen LogP) is 4.76. The van der Waals surface area contributed by atoms with Crippen LogP contribution in [0.15, 0.2) is 47.3 Å². The number of benzene rings is 2. The summed E-state index contributed by atoms with van der Waals surface area (Å²) in [4.78, 5) is 13.5. The number of hydrogen-bond donors (Lipinski definition) is 0. The Bertz CT molecular complexity index is 1530. The van der Waals surface area contributed by atoms with Crippen LogP contribution in [0.2, 0.25) is 5.02 Å². The minimum absolute atomic E-state index is 0.0752. The molecule has 33 heavy (non-hydrogen) atoms. The van der Waals surface area contributed by atoms with Crippen LogP contribution >= 0.6 is 11.6 Å². The van der Waals surface area contributed by atoms with Gasteiger partial charge in [0.2, 0.25) is 0 Å². The van der Waals surface area contributed by atoms with Gasteiger partial charge in [0.25, 0.3) is 0 Å². The smallest absolute Gasteiger partial charge is 0.329 e. The molecule has 0 aliphatic heterocycles. The third-order valence-corrected chi connectivity index (χ3v) is 7.80. The second-order valence-electron chi connectivity index (χ2n) is 8.93. The predicted molar refractivity (Wildman–Crippen MR) is 129 cm³/mol. The first kappa shape index (κ1) is 22.2. The van der Waals surface area contributed by atoms with Crippen molar-refractivity contribution in [1.29, 1.82) is 0 Å². The standard InChI is InChI=1S/C24H25ClFN3O3S/c1-33(31,32)11-3-10-27-20(13-16-12-17(25)6-8-21(16)27)15-28-23-14-18(26)7-9-22(23)29(24(28)30)19-4-2-5-19/h6-9,12-14,19H,2-5,10-11,15H2,1H3. The molecule has 0 radical (unpaired) electrons. The fourth-order valence-corrected chi connectivity index (χ4v) is 5.58. The van der Waals surface area contributed by atoms with E-state index in [4.69, 9.17) is 11.6 Å². The highest BCUT2D eigenvalue weighted by molar-refractivity contribution is 7.90. The van der Waals surface area contributed by atoms with Crippen molar-refractivity contribution in [2.24, 2.45) is 0 Å². The van der Waals surface area contributed by atoms with E-state index in [1.165, 1.54) is 18.4 Å². The van der Waals surface area contributed by atoms with Gasteiger partial charge in [0, 0.05) is 40.5 Å². The Balaban J connectivity index is 1.62. The van der Waals surface area contributed by atoms with E-state index in [9.17, 15) is 17.6 Å². The largest absolute Gasteiger partial charge is 0.343 e. The van der Waals surface area contributed by atoms with Crippen LogP contribution in [0, 0.1) is 5.82 Å². The number of halogens is 2. The van der Waals surface area contributed by atoms with E-state index in [1.807, 2.05) is 22.8 Å². The zero-order valence-corrected chi connectivity index (χ0v) is 19.9. The Labute approximate surface area is 196 Å². The van der Waals surface area contributed by atoms with E-state index in [2.05, 4.69) is 0 Å². The fraction of sp³-hybridized carbons (Fsp3) is 0.375. The Kier molecular flexibility index (Phi) is 5.61. The number of aryl methyl sites for hydroxylation is 1. The third-order valence-electron chi connectivity index (χ3n) is 6.53. The molecule has 0 spiro atoms. The van der Waals surface area contributed by atoms with Crippen LogP contribution in [0.4, 0.5) is 4.39 Å². The van der Waals surface area contributed by atoms with Gasteiger partial charge in [-0.2, -0.15) is 0 Å². The molecular weight excluding hydrogens is 465 g/mol. The Hall–Kier alpha value is -2.58. The number of hydrogen-bond acceptors (Lipinski definition) is 3. The first-order valence-corrected chi connectivity index (χ1v) is 13.5. The Morgan fingerprint density at radius 3 is 2.48 bits per heavy atom. The summed E-state index contributed by atoms with van der Waals surface area (Å²) in [5, 5.41) is 1.52. The van der Waals surface area contributed by atoms with Crippen molar-refractivity contribution in [3.8, 4) is 0 Å².